The molecule has 4 N–H and O–H groups in total. The standard InChI is InChI=1S/C19H17ClN6O2S/c1-10-3-5-12(8-16(10)29(2,27)28)23-19-22-9-14(18(21)24-19)17-13-7-11(20)4-6-15(13)25-26-17/h3-9H,1-2H3,(H,25,26)(H3,21,22,23,24). The van der Waals surface area contributed by atoms with Crippen LogP contribution < -0.4 is 11.1 Å². The number of sulfone groups is 1. The number of nitrogens with two attached hydrogens (primary N) is 1. The zero-order valence-corrected chi connectivity index (χ0v) is 17.1. The lowest BCUT2D eigenvalue weighted by Gasteiger charge is -2.10. The minimum absolute atomic E-state index is 0.228. The maximum Gasteiger partial charge on any atom is 0.229 e. The molecule has 0 amide bonds. The Morgan fingerprint density at radius 2 is 1.97 bits per heavy atom. The minimum Gasteiger partial charge on any atom is -0.383 e. The maximum absolute atomic E-state index is 11.9. The number of nitrogens with zero attached hydrogens (tertiary/aromatic N) is 3. The van der Waals surface area contributed by atoms with E-state index in [1.807, 2.05) is 6.07 Å². The van der Waals surface area contributed by atoms with Gasteiger partial charge in [-0.1, -0.05) is 17.7 Å². The van der Waals surface area contributed by atoms with Crippen molar-refractivity contribution in [3.8, 4) is 11.3 Å². The summed E-state index contributed by atoms with van der Waals surface area (Å²) in [7, 11) is -3.35. The number of anilines is 3. The number of nitrogen functional groups attached to an aromatic ring is 1. The quantitative estimate of drug-likeness (QED) is 0.452. The number of rotatable bonds is 4. The fourth-order valence-electron chi connectivity index (χ4n) is 3.04. The number of halogens is 1. The molecule has 0 saturated carbocycles. The van der Waals surface area contributed by atoms with Gasteiger partial charge in [0, 0.05) is 28.5 Å². The van der Waals surface area contributed by atoms with Gasteiger partial charge in [-0.25, -0.2) is 13.4 Å². The first kappa shape index (κ1) is 19.2. The predicted octanol–water partition coefficient (Wildman–Crippen LogP) is 3.71. The van der Waals surface area contributed by atoms with Crippen molar-refractivity contribution in [3.05, 3.63) is 53.2 Å². The summed E-state index contributed by atoms with van der Waals surface area (Å²) < 4.78 is 23.8. The summed E-state index contributed by atoms with van der Waals surface area (Å²) in [5.41, 5.74) is 9.33. The van der Waals surface area contributed by atoms with Crippen LogP contribution in [0.3, 0.4) is 0 Å². The topological polar surface area (TPSA) is 127 Å². The number of hydrogen-bond acceptors (Lipinski definition) is 7. The summed E-state index contributed by atoms with van der Waals surface area (Å²) in [6.45, 7) is 1.74. The van der Waals surface area contributed by atoms with Crippen LogP contribution in [0.25, 0.3) is 22.2 Å². The summed E-state index contributed by atoms with van der Waals surface area (Å²) in [5.74, 6) is 0.471. The molecular formula is C19H17ClN6O2S. The zero-order valence-electron chi connectivity index (χ0n) is 15.6. The first-order chi connectivity index (χ1) is 13.7. The monoisotopic (exact) mass is 428 g/mol. The van der Waals surface area contributed by atoms with Gasteiger partial charge in [-0.15, -0.1) is 0 Å². The number of aromatic nitrogens is 4. The number of aryl methyl sites for hydroxylation is 1. The fraction of sp³-hybridized carbons (Fsp3) is 0.105. The van der Waals surface area contributed by atoms with Crippen molar-refractivity contribution < 1.29 is 8.42 Å². The molecule has 2 aromatic carbocycles. The molecule has 0 atom stereocenters. The van der Waals surface area contributed by atoms with E-state index in [9.17, 15) is 8.42 Å². The van der Waals surface area contributed by atoms with Crippen LogP contribution in [0.15, 0.2) is 47.5 Å². The van der Waals surface area contributed by atoms with Crippen molar-refractivity contribution in [2.75, 3.05) is 17.3 Å². The first-order valence-corrected chi connectivity index (χ1v) is 10.8. The highest BCUT2D eigenvalue weighted by molar-refractivity contribution is 7.90. The largest absolute Gasteiger partial charge is 0.383 e. The third-order valence-electron chi connectivity index (χ3n) is 4.44. The van der Waals surface area contributed by atoms with E-state index in [1.54, 1.807) is 43.5 Å². The van der Waals surface area contributed by atoms with E-state index in [0.29, 0.717) is 27.5 Å². The second kappa shape index (κ2) is 7.02. The Balaban J connectivity index is 1.69. The van der Waals surface area contributed by atoms with Crippen molar-refractivity contribution in [2.45, 2.75) is 11.8 Å². The lowest BCUT2D eigenvalue weighted by molar-refractivity contribution is 0.601. The van der Waals surface area contributed by atoms with E-state index in [2.05, 4.69) is 25.5 Å². The second-order valence-electron chi connectivity index (χ2n) is 6.63. The van der Waals surface area contributed by atoms with Crippen molar-refractivity contribution in [1.29, 1.82) is 0 Å². The Hall–Kier alpha value is -3.17. The number of fused-ring (bicyclic) bond motifs is 1. The summed E-state index contributed by atoms with van der Waals surface area (Å²) in [4.78, 5) is 8.83. The van der Waals surface area contributed by atoms with Crippen molar-refractivity contribution in [2.24, 2.45) is 0 Å². The van der Waals surface area contributed by atoms with Crippen LogP contribution >= 0.6 is 11.6 Å². The molecule has 0 fully saturated rings. The van der Waals surface area contributed by atoms with Gasteiger partial charge in [0.2, 0.25) is 5.95 Å². The van der Waals surface area contributed by atoms with Gasteiger partial charge < -0.3 is 11.1 Å². The number of hydrogen-bond donors (Lipinski definition) is 3. The predicted molar refractivity (Wildman–Crippen MR) is 114 cm³/mol. The van der Waals surface area contributed by atoms with Gasteiger partial charge in [-0.05, 0) is 42.8 Å². The molecule has 0 aliphatic rings. The third kappa shape index (κ3) is 3.74. The molecule has 8 nitrogen and oxygen atoms in total. The van der Waals surface area contributed by atoms with Crippen LogP contribution in [0, 0.1) is 6.92 Å². The Bertz CT molecular complexity index is 1350. The van der Waals surface area contributed by atoms with Crippen LogP contribution in [-0.2, 0) is 9.84 Å². The van der Waals surface area contributed by atoms with E-state index in [0.717, 1.165) is 10.9 Å². The molecule has 10 heteroatoms. The average molecular weight is 429 g/mol. The molecule has 4 rings (SSSR count). The van der Waals surface area contributed by atoms with E-state index in [1.165, 1.54) is 6.26 Å². The zero-order chi connectivity index (χ0) is 20.8. The van der Waals surface area contributed by atoms with Gasteiger partial charge in [0.25, 0.3) is 0 Å². The molecule has 0 saturated heterocycles. The van der Waals surface area contributed by atoms with Crippen molar-refractivity contribution >= 4 is 49.8 Å². The summed E-state index contributed by atoms with van der Waals surface area (Å²) in [5, 5.41) is 11.6. The highest BCUT2D eigenvalue weighted by atomic mass is 35.5. The molecule has 0 aliphatic heterocycles. The molecule has 0 bridgehead atoms. The molecule has 0 radical (unpaired) electrons. The van der Waals surface area contributed by atoms with E-state index in [-0.39, 0.29) is 16.7 Å². The SMILES string of the molecule is Cc1ccc(Nc2ncc(-c3n[nH]c4ccc(Cl)cc34)c(N)n2)cc1S(C)(=O)=O. The molecule has 0 spiro atoms. The normalized spacial score (nSPS) is 11.7. The highest BCUT2D eigenvalue weighted by Gasteiger charge is 2.15. The maximum atomic E-state index is 11.9. The molecule has 2 aromatic heterocycles. The van der Waals surface area contributed by atoms with E-state index in [4.69, 9.17) is 17.3 Å². The smallest absolute Gasteiger partial charge is 0.229 e. The van der Waals surface area contributed by atoms with Gasteiger partial charge in [-0.2, -0.15) is 10.1 Å². The van der Waals surface area contributed by atoms with Crippen molar-refractivity contribution in [1.82, 2.24) is 20.2 Å². The first-order valence-electron chi connectivity index (χ1n) is 8.56. The Morgan fingerprint density at radius 3 is 2.69 bits per heavy atom. The molecule has 2 heterocycles. The Kier molecular flexibility index (Phi) is 4.64. The molecule has 148 valence electrons. The Labute approximate surface area is 172 Å². The molecule has 29 heavy (non-hydrogen) atoms. The van der Waals surface area contributed by atoms with Gasteiger partial charge in [-0.3, -0.25) is 5.10 Å². The highest BCUT2D eigenvalue weighted by Crippen LogP contribution is 2.31. The van der Waals surface area contributed by atoms with Gasteiger partial charge in [0.1, 0.15) is 11.5 Å². The van der Waals surface area contributed by atoms with Gasteiger partial charge in [0.15, 0.2) is 9.84 Å². The number of benzene rings is 2. The third-order valence-corrected chi connectivity index (χ3v) is 5.92. The number of aromatic amines is 1. The van der Waals surface area contributed by atoms with Crippen LogP contribution in [0.2, 0.25) is 5.02 Å². The van der Waals surface area contributed by atoms with Crippen LogP contribution in [0.4, 0.5) is 17.5 Å². The lowest BCUT2D eigenvalue weighted by atomic mass is 10.1. The summed E-state index contributed by atoms with van der Waals surface area (Å²) in [6, 6.07) is 10.4. The van der Waals surface area contributed by atoms with Crippen LogP contribution in [0.5, 0.6) is 0 Å². The van der Waals surface area contributed by atoms with E-state index >= 15 is 0 Å². The van der Waals surface area contributed by atoms with Crippen LogP contribution in [-0.4, -0.2) is 34.8 Å². The van der Waals surface area contributed by atoms with E-state index < -0.39 is 9.84 Å². The average Bonchev–Trinajstić information content (AvgIpc) is 3.05. The van der Waals surface area contributed by atoms with Crippen LogP contribution in [0.1, 0.15) is 5.56 Å². The number of H-pyrrole nitrogens is 1. The van der Waals surface area contributed by atoms with Gasteiger partial charge in [0.05, 0.1) is 16.0 Å². The summed E-state index contributed by atoms with van der Waals surface area (Å²) >= 11 is 6.09. The molecular weight excluding hydrogens is 412 g/mol. The molecule has 0 unspecified atom stereocenters. The minimum atomic E-state index is -3.35. The lowest BCUT2D eigenvalue weighted by Crippen LogP contribution is -2.04. The molecule has 0 aliphatic carbocycles. The second-order valence-corrected chi connectivity index (χ2v) is 9.05. The summed E-state index contributed by atoms with van der Waals surface area (Å²) in [6.07, 6.45) is 2.73. The Morgan fingerprint density at radius 1 is 1.17 bits per heavy atom. The number of nitrogens with one attached hydrogen (secondary N) is 2. The molecule has 4 aromatic rings. The fourth-order valence-corrected chi connectivity index (χ4v) is 4.20. The van der Waals surface area contributed by atoms with Crippen molar-refractivity contribution in [3.63, 3.8) is 0 Å². The van der Waals surface area contributed by atoms with Gasteiger partial charge >= 0.3 is 0 Å².